The van der Waals surface area contributed by atoms with Crippen LogP contribution in [0.2, 0.25) is 0 Å². The highest BCUT2D eigenvalue weighted by Crippen LogP contribution is 2.02. The third-order valence-electron chi connectivity index (χ3n) is 2.46. The Morgan fingerprint density at radius 1 is 1.33 bits per heavy atom. The summed E-state index contributed by atoms with van der Waals surface area (Å²) in [6.45, 7) is 7.31. The van der Waals surface area contributed by atoms with Crippen LogP contribution in [0.1, 0.15) is 33.4 Å². The highest BCUT2D eigenvalue weighted by molar-refractivity contribution is 5.88. The fourth-order valence-electron chi connectivity index (χ4n) is 1.54. The number of anilines is 1. The van der Waals surface area contributed by atoms with Crippen LogP contribution >= 0.6 is 12.4 Å². The molecule has 0 saturated heterocycles. The number of carbonyl (C=O) groups is 2. The zero-order chi connectivity index (χ0) is 15.3. The van der Waals surface area contributed by atoms with Crippen LogP contribution < -0.4 is 16.4 Å². The lowest BCUT2D eigenvalue weighted by molar-refractivity contribution is -0.129. The van der Waals surface area contributed by atoms with Gasteiger partial charge >= 0.3 is 0 Å². The normalized spacial score (nSPS) is 12.0. The molecule has 0 radical (unpaired) electrons. The van der Waals surface area contributed by atoms with Gasteiger partial charge in [-0.2, -0.15) is 0 Å². The summed E-state index contributed by atoms with van der Waals surface area (Å²) < 4.78 is 0. The minimum Gasteiger partial charge on any atom is -0.397 e. The molecule has 1 heterocycles. The summed E-state index contributed by atoms with van der Waals surface area (Å²) in [4.78, 5) is 27.7. The van der Waals surface area contributed by atoms with Gasteiger partial charge in [0.2, 0.25) is 11.8 Å². The molecule has 1 unspecified atom stereocenters. The maximum Gasteiger partial charge on any atom is 0.242 e. The molecule has 0 aliphatic carbocycles. The Balaban J connectivity index is 0.00000400. The van der Waals surface area contributed by atoms with Gasteiger partial charge in [0, 0.05) is 11.2 Å². The lowest BCUT2D eigenvalue weighted by atomic mass is 10.1. The lowest BCUT2D eigenvalue weighted by Gasteiger charge is -2.23. The first-order valence-electron chi connectivity index (χ1n) is 6.49. The quantitative estimate of drug-likeness (QED) is 0.773. The van der Waals surface area contributed by atoms with E-state index in [0.717, 1.165) is 0 Å². The number of carbonyl (C=O) groups excluding carboxylic acids is 2. The second-order valence-corrected chi connectivity index (χ2v) is 5.79. The third kappa shape index (κ3) is 7.51. The van der Waals surface area contributed by atoms with Gasteiger partial charge in [-0.25, -0.2) is 0 Å². The van der Waals surface area contributed by atoms with E-state index in [2.05, 4.69) is 15.6 Å². The van der Waals surface area contributed by atoms with E-state index in [4.69, 9.17) is 5.73 Å². The summed E-state index contributed by atoms with van der Waals surface area (Å²) in [5, 5.41) is 5.45. The number of halogens is 1. The van der Waals surface area contributed by atoms with Crippen LogP contribution in [0.3, 0.4) is 0 Å². The fourth-order valence-corrected chi connectivity index (χ4v) is 1.54. The molecule has 0 aliphatic rings. The zero-order valence-corrected chi connectivity index (χ0v) is 13.6. The van der Waals surface area contributed by atoms with Crippen LogP contribution in [-0.2, 0) is 16.0 Å². The molecule has 1 atom stereocenters. The first-order chi connectivity index (χ1) is 9.17. The summed E-state index contributed by atoms with van der Waals surface area (Å²) >= 11 is 0. The number of hydrogen-bond acceptors (Lipinski definition) is 4. The molecule has 118 valence electrons. The summed E-state index contributed by atoms with van der Waals surface area (Å²) in [6, 6.07) is 2.79. The maximum absolute atomic E-state index is 11.8. The number of hydrogen-bond donors (Lipinski definition) is 3. The Morgan fingerprint density at radius 2 is 1.95 bits per heavy atom. The van der Waals surface area contributed by atoms with E-state index in [1.54, 1.807) is 19.1 Å². The van der Waals surface area contributed by atoms with Crippen molar-refractivity contribution in [2.75, 3.05) is 5.73 Å². The molecule has 1 aromatic rings. The van der Waals surface area contributed by atoms with Gasteiger partial charge in [0.15, 0.2) is 0 Å². The van der Waals surface area contributed by atoms with E-state index in [0.29, 0.717) is 11.4 Å². The molecule has 0 bridgehead atoms. The Bertz CT molecular complexity index is 483. The minimum atomic E-state index is -0.587. The highest BCUT2D eigenvalue weighted by atomic mass is 35.5. The van der Waals surface area contributed by atoms with Gasteiger partial charge in [-0.3, -0.25) is 14.6 Å². The number of aromatic nitrogens is 1. The molecule has 0 fully saturated rings. The van der Waals surface area contributed by atoms with Gasteiger partial charge in [-0.15, -0.1) is 12.4 Å². The van der Waals surface area contributed by atoms with Crippen LogP contribution in [0, 0.1) is 0 Å². The number of amides is 2. The molecule has 1 rings (SSSR count). The fraction of sp³-hybridized carbons (Fsp3) is 0.500. The first kappa shape index (κ1) is 19.2. The van der Waals surface area contributed by atoms with E-state index >= 15 is 0 Å². The summed E-state index contributed by atoms with van der Waals surface area (Å²) in [6.07, 6.45) is 1.62. The molecule has 6 nitrogen and oxygen atoms in total. The summed E-state index contributed by atoms with van der Waals surface area (Å²) in [5.74, 6) is -0.463. The number of pyridine rings is 1. The van der Waals surface area contributed by atoms with Gasteiger partial charge in [-0.05, 0) is 39.8 Å². The average Bonchev–Trinajstić information content (AvgIpc) is 2.29. The number of rotatable bonds is 4. The number of nitrogen functional groups attached to an aromatic ring is 1. The van der Waals surface area contributed by atoms with Crippen molar-refractivity contribution in [3.05, 3.63) is 24.0 Å². The molecule has 7 heteroatoms. The van der Waals surface area contributed by atoms with Gasteiger partial charge < -0.3 is 16.4 Å². The average molecular weight is 315 g/mol. The SMILES string of the molecule is CC(NC(=O)Cc1ccc(N)cn1)C(=O)NC(C)(C)C.Cl. The van der Waals surface area contributed by atoms with Gasteiger partial charge in [0.05, 0.1) is 18.3 Å². The topological polar surface area (TPSA) is 97.1 Å². The summed E-state index contributed by atoms with van der Waals surface area (Å²) in [5.41, 5.74) is 6.36. The smallest absolute Gasteiger partial charge is 0.242 e. The van der Waals surface area contributed by atoms with Crippen LogP contribution in [0.15, 0.2) is 18.3 Å². The minimum absolute atomic E-state index is 0. The molecular weight excluding hydrogens is 292 g/mol. The van der Waals surface area contributed by atoms with Crippen molar-refractivity contribution in [1.29, 1.82) is 0 Å². The second-order valence-electron chi connectivity index (χ2n) is 5.79. The van der Waals surface area contributed by atoms with E-state index in [1.165, 1.54) is 6.20 Å². The molecule has 0 aliphatic heterocycles. The molecule has 4 N–H and O–H groups in total. The number of nitrogens with zero attached hydrogens (tertiary/aromatic N) is 1. The van der Waals surface area contributed by atoms with E-state index < -0.39 is 6.04 Å². The predicted molar refractivity (Wildman–Crippen MR) is 85.1 cm³/mol. The summed E-state index contributed by atoms with van der Waals surface area (Å²) in [7, 11) is 0. The molecule has 0 spiro atoms. The van der Waals surface area contributed by atoms with Crippen molar-refractivity contribution in [2.45, 2.75) is 45.7 Å². The van der Waals surface area contributed by atoms with Crippen LogP contribution in [0.25, 0.3) is 0 Å². The highest BCUT2D eigenvalue weighted by Gasteiger charge is 2.20. The second kappa shape index (κ2) is 7.83. The monoisotopic (exact) mass is 314 g/mol. The Morgan fingerprint density at radius 3 is 2.43 bits per heavy atom. The van der Waals surface area contributed by atoms with E-state index in [-0.39, 0.29) is 36.2 Å². The number of nitrogens with one attached hydrogen (secondary N) is 2. The lowest BCUT2D eigenvalue weighted by Crippen LogP contribution is -2.51. The first-order valence-corrected chi connectivity index (χ1v) is 6.49. The Hall–Kier alpha value is -1.82. The van der Waals surface area contributed by atoms with Crippen molar-refractivity contribution < 1.29 is 9.59 Å². The largest absolute Gasteiger partial charge is 0.397 e. The molecule has 0 aromatic carbocycles. The maximum atomic E-state index is 11.8. The van der Waals surface area contributed by atoms with Crippen molar-refractivity contribution in [3.63, 3.8) is 0 Å². The van der Waals surface area contributed by atoms with E-state index in [1.807, 2.05) is 20.8 Å². The Labute approximate surface area is 131 Å². The van der Waals surface area contributed by atoms with E-state index in [9.17, 15) is 9.59 Å². The van der Waals surface area contributed by atoms with Crippen molar-refractivity contribution in [1.82, 2.24) is 15.6 Å². The third-order valence-corrected chi connectivity index (χ3v) is 2.46. The van der Waals surface area contributed by atoms with Crippen LogP contribution in [-0.4, -0.2) is 28.4 Å². The van der Waals surface area contributed by atoms with Crippen molar-refractivity contribution in [2.24, 2.45) is 0 Å². The van der Waals surface area contributed by atoms with Crippen LogP contribution in [0.5, 0.6) is 0 Å². The predicted octanol–water partition coefficient (Wildman–Crippen LogP) is 1.05. The standard InChI is InChI=1S/C14H22N4O2.ClH/c1-9(13(20)18-14(2,3)4)17-12(19)7-11-6-5-10(15)8-16-11;/h5-6,8-9H,7,15H2,1-4H3,(H,17,19)(H,18,20);1H. The van der Waals surface area contributed by atoms with Gasteiger partial charge in [-0.1, -0.05) is 0 Å². The molecule has 0 saturated carbocycles. The molecule has 2 amide bonds. The van der Waals surface area contributed by atoms with Gasteiger partial charge in [0.25, 0.3) is 0 Å². The Kier molecular flexibility index (Phi) is 7.15. The molecule has 21 heavy (non-hydrogen) atoms. The van der Waals surface area contributed by atoms with Gasteiger partial charge in [0.1, 0.15) is 6.04 Å². The molecular formula is C14H23ClN4O2. The van der Waals surface area contributed by atoms with Crippen molar-refractivity contribution >= 4 is 29.9 Å². The molecule has 1 aromatic heterocycles. The van der Waals surface area contributed by atoms with Crippen LogP contribution in [0.4, 0.5) is 5.69 Å². The number of nitrogens with two attached hydrogens (primary N) is 1. The zero-order valence-electron chi connectivity index (χ0n) is 12.8. The van der Waals surface area contributed by atoms with Crippen molar-refractivity contribution in [3.8, 4) is 0 Å².